The van der Waals surface area contributed by atoms with Crippen LogP contribution in [0.3, 0.4) is 0 Å². The minimum Gasteiger partial charge on any atom is -0.330 e. The topological polar surface area (TPSA) is 26.0 Å². The maximum absolute atomic E-state index is 5.83. The molecular weight excluding hydrogens is 182 g/mol. The Hall–Kier alpha value is -1.08. The highest BCUT2D eigenvalue weighted by Gasteiger charge is 2.48. The van der Waals surface area contributed by atoms with E-state index in [1.54, 1.807) is 0 Å². The van der Waals surface area contributed by atoms with Gasteiger partial charge in [-0.1, -0.05) is 43.3 Å². The summed E-state index contributed by atoms with van der Waals surface area (Å²) in [6, 6.07) is 10.7. The minimum absolute atomic E-state index is 0.112. The van der Waals surface area contributed by atoms with Gasteiger partial charge in [-0.05, 0) is 23.8 Å². The summed E-state index contributed by atoms with van der Waals surface area (Å²) in [7, 11) is 0. The monoisotopic (exact) mass is 201 g/mol. The second-order valence-corrected chi connectivity index (χ2v) is 4.77. The summed E-state index contributed by atoms with van der Waals surface area (Å²) in [5.41, 5.74) is 7.39. The van der Waals surface area contributed by atoms with Crippen molar-refractivity contribution in [2.45, 2.75) is 19.3 Å². The largest absolute Gasteiger partial charge is 0.330 e. The molecule has 0 radical (unpaired) electrons. The van der Waals surface area contributed by atoms with Gasteiger partial charge in [0.05, 0.1) is 0 Å². The van der Waals surface area contributed by atoms with Gasteiger partial charge in [0.1, 0.15) is 0 Å². The maximum Gasteiger partial charge on any atom is 0.00143 e. The molecular formula is C14H19N. The highest BCUT2D eigenvalue weighted by atomic mass is 14.6. The third-order valence-corrected chi connectivity index (χ3v) is 3.77. The van der Waals surface area contributed by atoms with Crippen LogP contribution in [0.5, 0.6) is 0 Å². The van der Waals surface area contributed by atoms with Gasteiger partial charge in [0, 0.05) is 12.0 Å². The smallest absolute Gasteiger partial charge is 0.00143 e. The van der Waals surface area contributed by atoms with Crippen LogP contribution < -0.4 is 5.73 Å². The van der Waals surface area contributed by atoms with E-state index in [1.165, 1.54) is 12.0 Å². The number of nitrogens with two attached hydrogens (primary N) is 1. The number of hydrogen-bond donors (Lipinski definition) is 1. The zero-order valence-electron chi connectivity index (χ0n) is 9.32. The first-order valence-electron chi connectivity index (χ1n) is 5.60. The van der Waals surface area contributed by atoms with E-state index >= 15 is 0 Å². The van der Waals surface area contributed by atoms with Gasteiger partial charge in [0.2, 0.25) is 0 Å². The molecule has 0 bridgehead atoms. The average molecular weight is 201 g/mol. The van der Waals surface area contributed by atoms with Gasteiger partial charge in [-0.3, -0.25) is 0 Å². The number of hydrogen-bond acceptors (Lipinski definition) is 1. The van der Waals surface area contributed by atoms with Crippen molar-refractivity contribution >= 4 is 0 Å². The van der Waals surface area contributed by atoms with Gasteiger partial charge in [-0.25, -0.2) is 0 Å². The summed E-state index contributed by atoms with van der Waals surface area (Å²) < 4.78 is 0. The average Bonchev–Trinajstić information content (AvgIpc) is 3.10. The maximum atomic E-state index is 5.83. The molecule has 0 heterocycles. The van der Waals surface area contributed by atoms with Gasteiger partial charge in [0.25, 0.3) is 0 Å². The predicted octanol–water partition coefficient (Wildman–Crippen LogP) is 2.94. The van der Waals surface area contributed by atoms with Gasteiger partial charge < -0.3 is 5.73 Å². The van der Waals surface area contributed by atoms with Crippen LogP contribution in [0, 0.1) is 11.3 Å². The van der Waals surface area contributed by atoms with Gasteiger partial charge in [-0.2, -0.15) is 0 Å². The van der Waals surface area contributed by atoms with Crippen LogP contribution in [0.15, 0.2) is 43.0 Å². The van der Waals surface area contributed by atoms with Crippen LogP contribution in [-0.4, -0.2) is 6.54 Å². The first-order chi connectivity index (χ1) is 7.21. The molecule has 0 saturated heterocycles. The summed E-state index contributed by atoms with van der Waals surface area (Å²) >= 11 is 0. The summed E-state index contributed by atoms with van der Waals surface area (Å²) in [6.45, 7) is 6.83. The fourth-order valence-electron chi connectivity index (χ4n) is 2.38. The van der Waals surface area contributed by atoms with Crippen LogP contribution in [0.1, 0.15) is 24.8 Å². The Kier molecular flexibility index (Phi) is 2.66. The zero-order chi connectivity index (χ0) is 10.9. The summed E-state index contributed by atoms with van der Waals surface area (Å²) in [6.07, 6.45) is 3.28. The van der Waals surface area contributed by atoms with Crippen molar-refractivity contribution < 1.29 is 0 Å². The summed E-state index contributed by atoms with van der Waals surface area (Å²) in [5, 5.41) is 0. The normalized spacial score (nSPS) is 28.1. The van der Waals surface area contributed by atoms with Crippen molar-refractivity contribution in [3.63, 3.8) is 0 Å². The number of rotatable bonds is 4. The van der Waals surface area contributed by atoms with Gasteiger partial charge >= 0.3 is 0 Å². The standard InChI is InChI=1S/C14H19N/c1-3-14(2,10-15)13-9-12(13)11-7-5-4-6-8-11/h3-8,12-13H,1,9-10,15H2,2H3. The second kappa shape index (κ2) is 3.82. The van der Waals surface area contributed by atoms with Gasteiger partial charge in [0.15, 0.2) is 0 Å². The summed E-state index contributed by atoms with van der Waals surface area (Å²) in [5.74, 6) is 1.38. The first-order valence-corrected chi connectivity index (χ1v) is 5.60. The lowest BCUT2D eigenvalue weighted by molar-refractivity contribution is 0.371. The van der Waals surface area contributed by atoms with Crippen LogP contribution in [0.4, 0.5) is 0 Å². The molecule has 1 heteroatoms. The molecule has 1 fully saturated rings. The van der Waals surface area contributed by atoms with Crippen LogP contribution in [0.2, 0.25) is 0 Å². The first kappa shape index (κ1) is 10.4. The van der Waals surface area contributed by atoms with Crippen LogP contribution in [0.25, 0.3) is 0 Å². The molecule has 1 aliphatic carbocycles. The Bertz CT molecular complexity index is 344. The molecule has 1 aliphatic rings. The highest BCUT2D eigenvalue weighted by Crippen LogP contribution is 2.56. The quantitative estimate of drug-likeness (QED) is 0.745. The SMILES string of the molecule is C=CC(C)(CN)C1CC1c1ccccc1. The Morgan fingerprint density at radius 2 is 2.13 bits per heavy atom. The van der Waals surface area contributed by atoms with E-state index in [4.69, 9.17) is 5.73 Å². The third kappa shape index (κ3) is 1.84. The lowest BCUT2D eigenvalue weighted by Gasteiger charge is -2.24. The van der Waals surface area contributed by atoms with Crippen molar-refractivity contribution in [1.29, 1.82) is 0 Å². The molecule has 3 unspecified atom stereocenters. The lowest BCUT2D eigenvalue weighted by Crippen LogP contribution is -2.27. The van der Waals surface area contributed by atoms with Crippen LogP contribution in [-0.2, 0) is 0 Å². The van der Waals surface area contributed by atoms with Crippen molar-refractivity contribution in [2.24, 2.45) is 17.1 Å². The number of benzene rings is 1. The van der Waals surface area contributed by atoms with Crippen molar-refractivity contribution in [3.05, 3.63) is 48.6 Å². The fraction of sp³-hybridized carbons (Fsp3) is 0.429. The molecule has 0 amide bonds. The van der Waals surface area contributed by atoms with E-state index < -0.39 is 0 Å². The molecule has 2 rings (SSSR count). The molecule has 1 aromatic rings. The Morgan fingerprint density at radius 1 is 1.47 bits per heavy atom. The molecule has 0 aliphatic heterocycles. The Labute approximate surface area is 92.0 Å². The van der Waals surface area contributed by atoms with Gasteiger partial charge in [-0.15, -0.1) is 6.58 Å². The van der Waals surface area contributed by atoms with Crippen molar-refractivity contribution in [2.75, 3.05) is 6.54 Å². The molecule has 1 nitrogen and oxygen atoms in total. The third-order valence-electron chi connectivity index (χ3n) is 3.77. The van der Waals surface area contributed by atoms with E-state index in [-0.39, 0.29) is 5.41 Å². The molecule has 2 N–H and O–H groups in total. The van der Waals surface area contributed by atoms with Crippen molar-refractivity contribution in [3.8, 4) is 0 Å². The molecule has 0 spiro atoms. The Balaban J connectivity index is 2.11. The second-order valence-electron chi connectivity index (χ2n) is 4.77. The van der Waals surface area contributed by atoms with E-state index in [1.807, 2.05) is 6.08 Å². The van der Waals surface area contributed by atoms with Crippen molar-refractivity contribution in [1.82, 2.24) is 0 Å². The minimum atomic E-state index is 0.112. The molecule has 80 valence electrons. The van der Waals surface area contributed by atoms with Crippen LogP contribution >= 0.6 is 0 Å². The molecule has 0 aromatic heterocycles. The van der Waals surface area contributed by atoms with E-state index in [2.05, 4.69) is 43.8 Å². The predicted molar refractivity (Wildman–Crippen MR) is 64.6 cm³/mol. The molecule has 1 aromatic carbocycles. The highest BCUT2D eigenvalue weighted by molar-refractivity contribution is 5.28. The van der Waals surface area contributed by atoms with E-state index in [0.29, 0.717) is 18.4 Å². The lowest BCUT2D eigenvalue weighted by atomic mass is 9.83. The Morgan fingerprint density at radius 3 is 2.67 bits per heavy atom. The summed E-state index contributed by atoms with van der Waals surface area (Å²) in [4.78, 5) is 0. The van der Waals surface area contributed by atoms with E-state index in [0.717, 1.165) is 0 Å². The zero-order valence-corrected chi connectivity index (χ0v) is 9.32. The molecule has 15 heavy (non-hydrogen) atoms. The van der Waals surface area contributed by atoms with E-state index in [9.17, 15) is 0 Å². The molecule has 3 atom stereocenters. The molecule has 1 saturated carbocycles. The fourth-order valence-corrected chi connectivity index (χ4v) is 2.38.